The van der Waals surface area contributed by atoms with E-state index < -0.39 is 5.92 Å². The zero-order valence-electron chi connectivity index (χ0n) is 24.0. The number of rotatable bonds is 9. The summed E-state index contributed by atoms with van der Waals surface area (Å²) in [7, 11) is 0. The quantitative estimate of drug-likeness (QED) is 0.384. The highest BCUT2D eigenvalue weighted by molar-refractivity contribution is 7.16. The molecule has 2 aromatic heterocycles. The number of nitrogens with one attached hydrogen (secondary N) is 2. The van der Waals surface area contributed by atoms with Gasteiger partial charge in [-0.1, -0.05) is 13.8 Å². The average Bonchev–Trinajstić information content (AvgIpc) is 3.56. The summed E-state index contributed by atoms with van der Waals surface area (Å²) in [6, 6.07) is 4.94. The number of aromatic nitrogens is 3. The lowest BCUT2D eigenvalue weighted by molar-refractivity contribution is -0.130. The maximum Gasteiger partial charge on any atom is 0.248 e. The van der Waals surface area contributed by atoms with Crippen molar-refractivity contribution in [1.29, 1.82) is 0 Å². The number of halogens is 2. The maximum absolute atomic E-state index is 13.7. The van der Waals surface area contributed by atoms with Crippen LogP contribution in [0.3, 0.4) is 0 Å². The SMILES string of the molecule is CC(=O)Nc1ccc([C@H](CCN2[C@@H]3CC[C@H]2CC(n2c(C)nnc2C(C)C)C3)NC(=O)C2CCC(F)(F)CC2)s1. The molecule has 4 heterocycles. The second-order valence-electron chi connectivity index (χ2n) is 12.2. The number of carbonyl (C=O) groups is 2. The van der Waals surface area contributed by atoms with Crippen LogP contribution in [0.4, 0.5) is 13.8 Å². The molecule has 3 aliphatic rings. The van der Waals surface area contributed by atoms with Gasteiger partial charge in [-0.25, -0.2) is 8.78 Å². The number of thiophene rings is 1. The van der Waals surface area contributed by atoms with E-state index in [1.165, 1.54) is 31.1 Å². The zero-order chi connectivity index (χ0) is 28.6. The molecule has 4 atom stereocenters. The number of carbonyl (C=O) groups excluding carboxylic acids is 2. The number of fused-ring (bicyclic) bond motifs is 2. The Morgan fingerprint density at radius 2 is 1.75 bits per heavy atom. The number of amides is 2. The number of piperidine rings is 1. The molecule has 2 bridgehead atoms. The maximum atomic E-state index is 13.7. The molecule has 0 aromatic carbocycles. The molecule has 1 unspecified atom stereocenters. The first-order valence-electron chi connectivity index (χ1n) is 14.7. The molecule has 2 amide bonds. The van der Waals surface area contributed by atoms with Crippen LogP contribution in [0.1, 0.15) is 113 Å². The van der Waals surface area contributed by atoms with Crippen LogP contribution >= 0.6 is 11.3 Å². The first kappa shape index (κ1) is 29.1. The standard InChI is InChI=1S/C29H42F2N6O2S/c1-17(2)27-35-34-18(3)37(27)23-15-21-5-6-22(16-23)36(21)14-11-24(25-7-8-26(40-25)32-19(4)38)33-28(39)20-9-12-29(30,31)13-10-20/h7-8,17,20-24H,5-6,9-16H2,1-4H3,(H,32,38)(H,33,39)/t21-,22+,23?,24-/m0/s1. The second kappa shape index (κ2) is 11.8. The summed E-state index contributed by atoms with van der Waals surface area (Å²) in [5, 5.41) is 15.6. The minimum atomic E-state index is -2.66. The highest BCUT2D eigenvalue weighted by Crippen LogP contribution is 2.43. The fourth-order valence-electron chi connectivity index (χ4n) is 6.99. The number of alkyl halides is 2. The fraction of sp³-hybridized carbons (Fsp3) is 0.724. The van der Waals surface area contributed by atoms with Gasteiger partial charge in [0.25, 0.3) is 0 Å². The van der Waals surface area contributed by atoms with Crippen LogP contribution < -0.4 is 10.6 Å². The Bertz CT molecular complexity index is 1190. The second-order valence-corrected chi connectivity index (χ2v) is 13.4. The molecule has 2 aromatic rings. The third-order valence-electron chi connectivity index (χ3n) is 8.98. The van der Waals surface area contributed by atoms with Crippen LogP contribution in [-0.4, -0.2) is 56.0 Å². The van der Waals surface area contributed by atoms with Crippen molar-refractivity contribution in [2.45, 2.75) is 121 Å². The van der Waals surface area contributed by atoms with Crippen LogP contribution in [0.25, 0.3) is 0 Å². The first-order valence-corrected chi connectivity index (χ1v) is 15.5. The lowest BCUT2D eigenvalue weighted by Gasteiger charge is -2.40. The molecule has 0 spiro atoms. The van der Waals surface area contributed by atoms with Crippen molar-refractivity contribution >= 4 is 28.2 Å². The summed E-state index contributed by atoms with van der Waals surface area (Å²) in [5.41, 5.74) is 0. The van der Waals surface area contributed by atoms with Gasteiger partial charge in [0.05, 0.1) is 11.0 Å². The lowest BCUT2D eigenvalue weighted by atomic mass is 9.86. The van der Waals surface area contributed by atoms with Gasteiger partial charge in [0.1, 0.15) is 11.6 Å². The number of aryl methyl sites for hydroxylation is 1. The van der Waals surface area contributed by atoms with Crippen molar-refractivity contribution in [3.8, 4) is 0 Å². The Labute approximate surface area is 239 Å². The molecule has 40 heavy (non-hydrogen) atoms. The monoisotopic (exact) mass is 576 g/mol. The first-order chi connectivity index (χ1) is 19.0. The van der Waals surface area contributed by atoms with Gasteiger partial charge < -0.3 is 15.2 Å². The Morgan fingerprint density at radius 1 is 1.07 bits per heavy atom. The van der Waals surface area contributed by atoms with E-state index >= 15 is 0 Å². The summed E-state index contributed by atoms with van der Waals surface area (Å²) < 4.78 is 29.8. The van der Waals surface area contributed by atoms with Crippen molar-refractivity contribution in [1.82, 2.24) is 25.0 Å². The van der Waals surface area contributed by atoms with Gasteiger partial charge >= 0.3 is 0 Å². The van der Waals surface area contributed by atoms with Gasteiger partial charge in [-0.05, 0) is 64.0 Å². The molecule has 1 saturated carbocycles. The van der Waals surface area contributed by atoms with Gasteiger partial charge in [0.15, 0.2) is 0 Å². The van der Waals surface area contributed by atoms with E-state index in [2.05, 4.69) is 44.1 Å². The summed E-state index contributed by atoms with van der Waals surface area (Å²) >= 11 is 1.46. The Kier molecular flexibility index (Phi) is 8.61. The third-order valence-corrected chi connectivity index (χ3v) is 10.1. The van der Waals surface area contributed by atoms with E-state index in [1.807, 2.05) is 19.1 Å². The smallest absolute Gasteiger partial charge is 0.248 e. The predicted octanol–water partition coefficient (Wildman–Crippen LogP) is 5.97. The van der Waals surface area contributed by atoms with E-state index in [9.17, 15) is 18.4 Å². The van der Waals surface area contributed by atoms with Crippen LogP contribution in [0, 0.1) is 12.8 Å². The topological polar surface area (TPSA) is 92.2 Å². The van der Waals surface area contributed by atoms with E-state index in [1.54, 1.807) is 0 Å². The minimum absolute atomic E-state index is 0.138. The molecule has 2 aliphatic heterocycles. The van der Waals surface area contributed by atoms with Gasteiger partial charge in [-0.2, -0.15) is 0 Å². The average molecular weight is 577 g/mol. The van der Waals surface area contributed by atoms with Crippen LogP contribution in [0.2, 0.25) is 0 Å². The summed E-state index contributed by atoms with van der Waals surface area (Å²) in [5.74, 6) is -0.954. The largest absolute Gasteiger partial charge is 0.348 e. The fourth-order valence-corrected chi connectivity index (χ4v) is 8.03. The Hall–Kier alpha value is -2.40. The summed E-state index contributed by atoms with van der Waals surface area (Å²) in [6.45, 7) is 8.70. The molecule has 0 radical (unpaired) electrons. The Balaban J connectivity index is 1.27. The molecule has 3 fully saturated rings. The molecular weight excluding hydrogens is 534 g/mol. The highest BCUT2D eigenvalue weighted by atomic mass is 32.1. The number of hydrogen-bond acceptors (Lipinski definition) is 6. The van der Waals surface area contributed by atoms with Crippen molar-refractivity contribution in [2.24, 2.45) is 5.92 Å². The van der Waals surface area contributed by atoms with Crippen molar-refractivity contribution in [3.05, 3.63) is 28.7 Å². The third kappa shape index (κ3) is 6.40. The summed E-state index contributed by atoms with van der Waals surface area (Å²) in [4.78, 5) is 28.4. The normalized spacial score (nSPS) is 25.7. The highest BCUT2D eigenvalue weighted by Gasteiger charge is 2.43. The van der Waals surface area contributed by atoms with Crippen LogP contribution in [0.5, 0.6) is 0 Å². The van der Waals surface area contributed by atoms with Gasteiger partial charge in [0.2, 0.25) is 17.7 Å². The lowest BCUT2D eigenvalue weighted by Crippen LogP contribution is -2.45. The molecule has 8 nitrogen and oxygen atoms in total. The van der Waals surface area contributed by atoms with E-state index in [0.29, 0.717) is 24.0 Å². The minimum Gasteiger partial charge on any atom is -0.348 e. The molecule has 220 valence electrons. The van der Waals surface area contributed by atoms with Crippen molar-refractivity contribution in [3.63, 3.8) is 0 Å². The number of anilines is 1. The van der Waals surface area contributed by atoms with Gasteiger partial charge in [-0.15, -0.1) is 21.5 Å². The Morgan fingerprint density at radius 3 is 2.38 bits per heavy atom. The number of hydrogen-bond donors (Lipinski definition) is 2. The van der Waals surface area contributed by atoms with Crippen LogP contribution in [-0.2, 0) is 9.59 Å². The van der Waals surface area contributed by atoms with Crippen molar-refractivity contribution < 1.29 is 18.4 Å². The predicted molar refractivity (Wildman–Crippen MR) is 152 cm³/mol. The molecular formula is C29H42F2N6O2S. The van der Waals surface area contributed by atoms with Crippen molar-refractivity contribution in [2.75, 3.05) is 11.9 Å². The van der Waals surface area contributed by atoms with E-state index in [4.69, 9.17) is 0 Å². The molecule has 2 saturated heterocycles. The van der Waals surface area contributed by atoms with E-state index in [0.717, 1.165) is 47.3 Å². The molecule has 1 aliphatic carbocycles. The van der Waals surface area contributed by atoms with Crippen LogP contribution in [0.15, 0.2) is 12.1 Å². The summed E-state index contributed by atoms with van der Waals surface area (Å²) in [6.07, 6.45) is 5.15. The molecule has 11 heteroatoms. The van der Waals surface area contributed by atoms with Gasteiger partial charge in [0, 0.05) is 61.1 Å². The van der Waals surface area contributed by atoms with E-state index in [-0.39, 0.29) is 49.5 Å². The van der Waals surface area contributed by atoms with Gasteiger partial charge in [-0.3, -0.25) is 14.5 Å². The molecule has 5 rings (SSSR count). The zero-order valence-corrected chi connectivity index (χ0v) is 24.8. The molecule has 2 N–H and O–H groups in total. The number of nitrogens with zero attached hydrogens (tertiary/aromatic N) is 4.